The van der Waals surface area contributed by atoms with E-state index in [1.54, 1.807) is 24.3 Å². The van der Waals surface area contributed by atoms with Crippen molar-refractivity contribution in [1.29, 1.82) is 0 Å². The number of nitrogens with zero attached hydrogens (tertiary/aromatic N) is 1. The summed E-state index contributed by atoms with van der Waals surface area (Å²) in [5, 5.41) is 2.93. The zero-order valence-electron chi connectivity index (χ0n) is 19.2. The SMILES string of the molecule is CC(C)NC(=O)[C@@H](Cc1ccccc1)N(Cc1ccc(F)cc1)C(=O)COc1ccc(Br)cc1. The zero-order chi connectivity index (χ0) is 24.5. The molecule has 0 radical (unpaired) electrons. The number of hydrogen-bond donors (Lipinski definition) is 1. The fourth-order valence-electron chi connectivity index (χ4n) is 3.48. The normalized spacial score (nSPS) is 11.7. The van der Waals surface area contributed by atoms with Gasteiger partial charge < -0.3 is 15.0 Å². The Morgan fingerprint density at radius 1 is 0.941 bits per heavy atom. The molecule has 0 unspecified atom stereocenters. The fourth-order valence-corrected chi connectivity index (χ4v) is 3.74. The van der Waals surface area contributed by atoms with E-state index >= 15 is 0 Å². The van der Waals surface area contributed by atoms with Crippen LogP contribution in [0.5, 0.6) is 5.75 Å². The van der Waals surface area contributed by atoms with Crippen LogP contribution in [-0.4, -0.2) is 35.4 Å². The maximum atomic E-state index is 13.5. The topological polar surface area (TPSA) is 58.6 Å². The van der Waals surface area contributed by atoms with Gasteiger partial charge in [-0.2, -0.15) is 0 Å². The second-order valence-electron chi connectivity index (χ2n) is 8.26. The number of hydrogen-bond acceptors (Lipinski definition) is 3. The summed E-state index contributed by atoms with van der Waals surface area (Å²) in [6.07, 6.45) is 0.338. The molecule has 0 fully saturated rings. The lowest BCUT2D eigenvalue weighted by atomic mass is 10.0. The van der Waals surface area contributed by atoms with Gasteiger partial charge in [0, 0.05) is 23.5 Å². The van der Waals surface area contributed by atoms with E-state index in [1.807, 2.05) is 56.3 Å². The van der Waals surface area contributed by atoms with Crippen LogP contribution in [0.15, 0.2) is 83.3 Å². The Morgan fingerprint density at radius 3 is 2.21 bits per heavy atom. The summed E-state index contributed by atoms with van der Waals surface area (Å²) in [5.74, 6) is -0.409. The van der Waals surface area contributed by atoms with Crippen molar-refractivity contribution in [3.8, 4) is 5.75 Å². The maximum Gasteiger partial charge on any atom is 0.261 e. The van der Waals surface area contributed by atoms with Gasteiger partial charge >= 0.3 is 0 Å². The molecule has 2 amide bonds. The van der Waals surface area contributed by atoms with Gasteiger partial charge in [-0.05, 0) is 61.4 Å². The number of nitrogens with one attached hydrogen (secondary N) is 1. The maximum absolute atomic E-state index is 13.5. The first-order chi connectivity index (χ1) is 16.3. The average Bonchev–Trinajstić information content (AvgIpc) is 2.82. The summed E-state index contributed by atoms with van der Waals surface area (Å²) >= 11 is 3.38. The Balaban J connectivity index is 1.89. The van der Waals surface area contributed by atoms with Crippen molar-refractivity contribution in [1.82, 2.24) is 10.2 Å². The largest absolute Gasteiger partial charge is 0.484 e. The lowest BCUT2D eigenvalue weighted by Crippen LogP contribution is -2.52. The molecule has 5 nitrogen and oxygen atoms in total. The van der Waals surface area contributed by atoms with Crippen molar-refractivity contribution >= 4 is 27.7 Å². The molecule has 178 valence electrons. The molecule has 0 spiro atoms. The molecule has 0 bridgehead atoms. The van der Waals surface area contributed by atoms with Gasteiger partial charge in [-0.25, -0.2) is 4.39 Å². The molecule has 0 saturated heterocycles. The van der Waals surface area contributed by atoms with Crippen molar-refractivity contribution in [3.63, 3.8) is 0 Å². The van der Waals surface area contributed by atoms with Gasteiger partial charge in [0.2, 0.25) is 5.91 Å². The summed E-state index contributed by atoms with van der Waals surface area (Å²) < 4.78 is 20.1. The van der Waals surface area contributed by atoms with Gasteiger partial charge in [-0.3, -0.25) is 9.59 Å². The van der Waals surface area contributed by atoms with Crippen molar-refractivity contribution in [2.75, 3.05) is 6.61 Å². The highest BCUT2D eigenvalue weighted by atomic mass is 79.9. The molecule has 0 aliphatic heterocycles. The minimum absolute atomic E-state index is 0.0902. The Labute approximate surface area is 208 Å². The van der Waals surface area contributed by atoms with Crippen LogP contribution < -0.4 is 10.1 Å². The fraction of sp³-hybridized carbons (Fsp3) is 0.259. The van der Waals surface area contributed by atoms with Gasteiger partial charge in [-0.15, -0.1) is 0 Å². The van der Waals surface area contributed by atoms with E-state index in [0.29, 0.717) is 17.7 Å². The van der Waals surface area contributed by atoms with Crippen LogP contribution in [0.2, 0.25) is 0 Å². The number of ether oxygens (including phenoxy) is 1. The third-order valence-corrected chi connectivity index (χ3v) is 5.67. The molecular formula is C27H28BrFN2O3. The van der Waals surface area contributed by atoms with E-state index in [-0.39, 0.29) is 36.8 Å². The van der Waals surface area contributed by atoms with Crippen molar-refractivity contribution in [2.45, 2.75) is 38.9 Å². The molecule has 3 aromatic rings. The summed E-state index contributed by atoms with van der Waals surface area (Å²) in [6, 6.07) is 21.8. The Hall–Kier alpha value is -3.19. The van der Waals surface area contributed by atoms with Crippen LogP contribution in [0.3, 0.4) is 0 Å². The molecule has 0 aliphatic carbocycles. The van der Waals surface area contributed by atoms with Crippen LogP contribution in [0, 0.1) is 5.82 Å². The third-order valence-electron chi connectivity index (χ3n) is 5.14. The number of amides is 2. The van der Waals surface area contributed by atoms with E-state index in [9.17, 15) is 14.0 Å². The van der Waals surface area contributed by atoms with Gasteiger partial charge in [0.1, 0.15) is 17.6 Å². The monoisotopic (exact) mass is 526 g/mol. The van der Waals surface area contributed by atoms with Gasteiger partial charge in [-0.1, -0.05) is 58.4 Å². The molecule has 1 N–H and O–H groups in total. The zero-order valence-corrected chi connectivity index (χ0v) is 20.8. The van der Waals surface area contributed by atoms with E-state index in [1.165, 1.54) is 17.0 Å². The highest BCUT2D eigenvalue weighted by molar-refractivity contribution is 9.10. The van der Waals surface area contributed by atoms with Crippen molar-refractivity contribution in [3.05, 3.63) is 100 Å². The van der Waals surface area contributed by atoms with Gasteiger partial charge in [0.25, 0.3) is 5.91 Å². The molecule has 0 aromatic heterocycles. The predicted molar refractivity (Wildman–Crippen MR) is 134 cm³/mol. The Morgan fingerprint density at radius 2 is 1.59 bits per heavy atom. The number of carbonyl (C=O) groups excluding carboxylic acids is 2. The molecule has 3 rings (SSSR count). The molecule has 34 heavy (non-hydrogen) atoms. The summed E-state index contributed by atoms with van der Waals surface area (Å²) in [4.78, 5) is 28.2. The minimum atomic E-state index is -0.768. The van der Waals surface area contributed by atoms with Gasteiger partial charge in [0.15, 0.2) is 6.61 Å². The molecular weight excluding hydrogens is 499 g/mol. The molecule has 7 heteroatoms. The van der Waals surface area contributed by atoms with Crippen LogP contribution >= 0.6 is 15.9 Å². The second-order valence-corrected chi connectivity index (χ2v) is 9.18. The molecule has 0 aliphatic rings. The molecule has 0 saturated carbocycles. The summed E-state index contributed by atoms with van der Waals surface area (Å²) in [5.41, 5.74) is 1.64. The number of benzene rings is 3. The Kier molecular flexibility index (Phi) is 9.22. The average molecular weight is 527 g/mol. The lowest BCUT2D eigenvalue weighted by molar-refractivity contribution is -0.143. The first-order valence-corrected chi connectivity index (χ1v) is 11.9. The van der Waals surface area contributed by atoms with E-state index < -0.39 is 6.04 Å². The number of rotatable bonds is 10. The quantitative estimate of drug-likeness (QED) is 0.398. The lowest BCUT2D eigenvalue weighted by Gasteiger charge is -2.32. The second kappa shape index (κ2) is 12.3. The van der Waals surface area contributed by atoms with E-state index in [0.717, 1.165) is 10.0 Å². The van der Waals surface area contributed by atoms with Crippen LogP contribution in [0.4, 0.5) is 4.39 Å². The Bertz CT molecular complexity index is 1070. The van der Waals surface area contributed by atoms with Crippen LogP contribution in [0.25, 0.3) is 0 Å². The first-order valence-electron chi connectivity index (χ1n) is 11.1. The van der Waals surface area contributed by atoms with Crippen LogP contribution in [-0.2, 0) is 22.6 Å². The van der Waals surface area contributed by atoms with E-state index in [2.05, 4.69) is 21.2 Å². The smallest absolute Gasteiger partial charge is 0.261 e. The van der Waals surface area contributed by atoms with Crippen molar-refractivity contribution < 1.29 is 18.7 Å². The highest BCUT2D eigenvalue weighted by Gasteiger charge is 2.31. The standard InChI is InChI=1S/C27H28BrFN2O3/c1-19(2)30-27(33)25(16-20-6-4-3-5-7-20)31(17-21-8-12-23(29)13-9-21)26(32)18-34-24-14-10-22(28)11-15-24/h3-15,19,25H,16-18H2,1-2H3,(H,30,33)/t25-/m1/s1. The highest BCUT2D eigenvalue weighted by Crippen LogP contribution is 2.18. The predicted octanol–water partition coefficient (Wildman–Crippen LogP) is 5.13. The third kappa shape index (κ3) is 7.70. The molecule has 1 atom stereocenters. The van der Waals surface area contributed by atoms with Crippen molar-refractivity contribution in [2.24, 2.45) is 0 Å². The summed E-state index contributed by atoms with van der Waals surface area (Å²) in [6.45, 7) is 3.66. The number of halogens is 2. The molecule has 3 aromatic carbocycles. The minimum Gasteiger partial charge on any atom is -0.484 e. The van der Waals surface area contributed by atoms with Gasteiger partial charge in [0.05, 0.1) is 0 Å². The van der Waals surface area contributed by atoms with E-state index in [4.69, 9.17) is 4.74 Å². The summed E-state index contributed by atoms with van der Waals surface area (Å²) in [7, 11) is 0. The van der Waals surface area contributed by atoms with Crippen LogP contribution in [0.1, 0.15) is 25.0 Å². The number of carbonyl (C=O) groups is 2. The molecule has 0 heterocycles. The first kappa shape index (κ1) is 25.4.